The fourth-order valence-corrected chi connectivity index (χ4v) is 2.31. The highest BCUT2D eigenvalue weighted by Crippen LogP contribution is 2.18. The molecule has 18 heavy (non-hydrogen) atoms. The first-order chi connectivity index (χ1) is 8.83. The minimum Gasteiger partial charge on any atom is -0.451 e. The first-order valence-corrected chi connectivity index (χ1v) is 6.30. The predicted molar refractivity (Wildman–Crippen MR) is 69.5 cm³/mol. The van der Waals surface area contributed by atoms with Crippen LogP contribution in [0.1, 0.15) is 17.0 Å². The summed E-state index contributed by atoms with van der Waals surface area (Å²) < 4.78 is 5.52. The first kappa shape index (κ1) is 11.3. The number of para-hydroxylation sites is 1. The van der Waals surface area contributed by atoms with Crippen LogP contribution in [0.2, 0.25) is 0 Å². The van der Waals surface area contributed by atoms with Gasteiger partial charge in [-0.25, -0.2) is 0 Å². The fraction of sp³-hybridized carbons (Fsp3) is 0.357. The van der Waals surface area contributed by atoms with Crippen LogP contribution in [0.5, 0.6) is 0 Å². The highest BCUT2D eigenvalue weighted by Gasteiger charge is 2.17. The smallest absolute Gasteiger partial charge is 0.287 e. The molecule has 1 amide bonds. The van der Waals surface area contributed by atoms with Gasteiger partial charge in [0.25, 0.3) is 5.91 Å². The molecule has 1 saturated heterocycles. The molecule has 2 N–H and O–H groups in total. The van der Waals surface area contributed by atoms with E-state index in [4.69, 9.17) is 4.42 Å². The topological polar surface area (TPSA) is 54.3 Å². The minimum atomic E-state index is -0.127. The van der Waals surface area contributed by atoms with Gasteiger partial charge in [-0.15, -0.1) is 0 Å². The fourth-order valence-electron chi connectivity index (χ4n) is 2.31. The largest absolute Gasteiger partial charge is 0.451 e. The van der Waals surface area contributed by atoms with Crippen molar-refractivity contribution >= 4 is 16.9 Å². The van der Waals surface area contributed by atoms with Crippen molar-refractivity contribution in [3.8, 4) is 0 Å². The lowest BCUT2D eigenvalue weighted by Gasteiger charge is -2.08. The Kier molecular flexibility index (Phi) is 3.02. The van der Waals surface area contributed by atoms with E-state index < -0.39 is 0 Å². The molecule has 0 aliphatic carbocycles. The molecule has 1 unspecified atom stereocenters. The predicted octanol–water partition coefficient (Wildman–Crippen LogP) is 1.77. The number of carbonyl (C=O) groups is 1. The summed E-state index contributed by atoms with van der Waals surface area (Å²) in [5.74, 6) is 0.804. The lowest BCUT2D eigenvalue weighted by molar-refractivity contribution is 0.0922. The molecule has 1 aliphatic heterocycles. The summed E-state index contributed by atoms with van der Waals surface area (Å²) in [6.07, 6.45) is 1.13. The maximum Gasteiger partial charge on any atom is 0.287 e. The van der Waals surface area contributed by atoms with Crippen LogP contribution >= 0.6 is 0 Å². The molecule has 1 aromatic heterocycles. The van der Waals surface area contributed by atoms with Gasteiger partial charge in [-0.2, -0.15) is 0 Å². The van der Waals surface area contributed by atoms with Crippen LogP contribution in [0.4, 0.5) is 0 Å². The molecular weight excluding hydrogens is 228 g/mol. The molecule has 1 aliphatic rings. The SMILES string of the molecule is O=C(NCC1CCNC1)c1cc2ccccc2o1. The number of nitrogens with one attached hydrogen (secondary N) is 2. The number of rotatable bonds is 3. The van der Waals surface area contributed by atoms with E-state index in [0.29, 0.717) is 18.2 Å². The molecule has 0 bridgehead atoms. The van der Waals surface area contributed by atoms with Gasteiger partial charge in [0.1, 0.15) is 5.58 Å². The molecule has 4 nitrogen and oxygen atoms in total. The maximum atomic E-state index is 11.9. The average molecular weight is 244 g/mol. The summed E-state index contributed by atoms with van der Waals surface area (Å²) >= 11 is 0. The molecule has 1 atom stereocenters. The molecule has 0 spiro atoms. The van der Waals surface area contributed by atoms with Gasteiger partial charge in [0.2, 0.25) is 0 Å². The van der Waals surface area contributed by atoms with E-state index in [-0.39, 0.29) is 5.91 Å². The zero-order valence-electron chi connectivity index (χ0n) is 10.1. The van der Waals surface area contributed by atoms with E-state index in [1.165, 1.54) is 0 Å². The Morgan fingerprint density at radius 1 is 1.44 bits per heavy atom. The monoisotopic (exact) mass is 244 g/mol. The molecule has 1 fully saturated rings. The molecule has 4 heteroatoms. The maximum absolute atomic E-state index is 11.9. The lowest BCUT2D eigenvalue weighted by Crippen LogP contribution is -2.29. The Balaban J connectivity index is 1.67. The van der Waals surface area contributed by atoms with Gasteiger partial charge in [0.05, 0.1) is 0 Å². The molecule has 0 radical (unpaired) electrons. The standard InChI is InChI=1S/C14H16N2O2/c17-14(16-9-10-5-6-15-8-10)13-7-11-3-1-2-4-12(11)18-13/h1-4,7,10,15H,5-6,8-9H2,(H,16,17). The lowest BCUT2D eigenvalue weighted by atomic mass is 10.1. The van der Waals surface area contributed by atoms with Crippen molar-refractivity contribution in [2.24, 2.45) is 5.92 Å². The second-order valence-electron chi connectivity index (χ2n) is 4.72. The van der Waals surface area contributed by atoms with Gasteiger partial charge in [0, 0.05) is 11.9 Å². The summed E-state index contributed by atoms with van der Waals surface area (Å²) in [5.41, 5.74) is 0.755. The number of amides is 1. The second kappa shape index (κ2) is 4.82. The Bertz CT molecular complexity index is 523. The van der Waals surface area contributed by atoms with Crippen molar-refractivity contribution in [3.05, 3.63) is 36.1 Å². The normalized spacial score (nSPS) is 19.2. The van der Waals surface area contributed by atoms with Crippen LogP contribution in [0, 0.1) is 5.92 Å². The van der Waals surface area contributed by atoms with Gasteiger partial charge in [-0.05, 0) is 37.6 Å². The summed E-state index contributed by atoms with van der Waals surface area (Å²) in [4.78, 5) is 11.9. The number of carbonyl (C=O) groups excluding carboxylic acids is 1. The van der Waals surface area contributed by atoms with Gasteiger partial charge >= 0.3 is 0 Å². The van der Waals surface area contributed by atoms with Crippen molar-refractivity contribution in [3.63, 3.8) is 0 Å². The van der Waals surface area contributed by atoms with Crippen molar-refractivity contribution in [1.29, 1.82) is 0 Å². The number of benzene rings is 1. The van der Waals surface area contributed by atoms with Crippen molar-refractivity contribution < 1.29 is 9.21 Å². The molecule has 3 rings (SSSR count). The highest BCUT2D eigenvalue weighted by molar-refractivity contribution is 5.96. The third-order valence-electron chi connectivity index (χ3n) is 3.36. The van der Waals surface area contributed by atoms with Crippen LogP contribution in [0.15, 0.2) is 34.7 Å². The van der Waals surface area contributed by atoms with Gasteiger partial charge in [0.15, 0.2) is 5.76 Å². The molecule has 94 valence electrons. The number of hydrogen-bond donors (Lipinski definition) is 2. The number of fused-ring (bicyclic) bond motifs is 1. The summed E-state index contributed by atoms with van der Waals surface area (Å²) in [5, 5.41) is 7.17. The Hall–Kier alpha value is -1.81. The summed E-state index contributed by atoms with van der Waals surface area (Å²) in [6.45, 7) is 2.74. The highest BCUT2D eigenvalue weighted by atomic mass is 16.3. The summed E-state index contributed by atoms with van der Waals surface area (Å²) in [6, 6.07) is 9.43. The van der Waals surface area contributed by atoms with Crippen LogP contribution in [-0.4, -0.2) is 25.5 Å². The van der Waals surface area contributed by atoms with Crippen LogP contribution in [0.25, 0.3) is 11.0 Å². The van der Waals surface area contributed by atoms with Crippen LogP contribution in [0.3, 0.4) is 0 Å². The minimum absolute atomic E-state index is 0.127. The summed E-state index contributed by atoms with van der Waals surface area (Å²) in [7, 11) is 0. The molecule has 0 saturated carbocycles. The number of furan rings is 1. The van der Waals surface area contributed by atoms with E-state index in [1.54, 1.807) is 6.07 Å². The van der Waals surface area contributed by atoms with Crippen LogP contribution in [-0.2, 0) is 0 Å². The Labute approximate surface area is 105 Å². The van der Waals surface area contributed by atoms with E-state index in [9.17, 15) is 4.79 Å². The van der Waals surface area contributed by atoms with Crippen LogP contribution < -0.4 is 10.6 Å². The van der Waals surface area contributed by atoms with E-state index in [0.717, 1.165) is 30.5 Å². The molecule has 1 aromatic carbocycles. The second-order valence-corrected chi connectivity index (χ2v) is 4.72. The zero-order chi connectivity index (χ0) is 12.4. The third-order valence-corrected chi connectivity index (χ3v) is 3.36. The van der Waals surface area contributed by atoms with Crippen molar-refractivity contribution in [2.45, 2.75) is 6.42 Å². The van der Waals surface area contributed by atoms with Gasteiger partial charge in [-0.3, -0.25) is 4.79 Å². The first-order valence-electron chi connectivity index (χ1n) is 6.30. The van der Waals surface area contributed by atoms with Crippen molar-refractivity contribution in [1.82, 2.24) is 10.6 Å². The van der Waals surface area contributed by atoms with E-state index in [1.807, 2.05) is 24.3 Å². The molecular formula is C14H16N2O2. The third kappa shape index (κ3) is 2.24. The number of hydrogen-bond acceptors (Lipinski definition) is 3. The van der Waals surface area contributed by atoms with Gasteiger partial charge < -0.3 is 15.1 Å². The molecule has 2 aromatic rings. The van der Waals surface area contributed by atoms with E-state index in [2.05, 4.69) is 10.6 Å². The Morgan fingerprint density at radius 2 is 2.33 bits per heavy atom. The van der Waals surface area contributed by atoms with E-state index >= 15 is 0 Å². The Morgan fingerprint density at radius 3 is 3.11 bits per heavy atom. The quantitative estimate of drug-likeness (QED) is 0.865. The van der Waals surface area contributed by atoms with Gasteiger partial charge in [-0.1, -0.05) is 18.2 Å². The zero-order valence-corrected chi connectivity index (χ0v) is 10.1. The van der Waals surface area contributed by atoms with Crippen molar-refractivity contribution in [2.75, 3.05) is 19.6 Å². The average Bonchev–Trinajstić information content (AvgIpc) is 3.04. The molecule has 2 heterocycles.